The van der Waals surface area contributed by atoms with Gasteiger partial charge in [0.05, 0.1) is 25.3 Å². The number of rotatable bonds is 4. The Hall–Kier alpha value is -3.85. The first-order valence-electron chi connectivity index (χ1n) is 8.71. The summed E-state index contributed by atoms with van der Waals surface area (Å²) in [5, 5.41) is 9.71. The van der Waals surface area contributed by atoms with Gasteiger partial charge in [-0.1, -0.05) is 24.3 Å². The Morgan fingerprint density at radius 3 is 2.36 bits per heavy atom. The summed E-state index contributed by atoms with van der Waals surface area (Å²) < 4.78 is 12.6. The Labute approximate surface area is 162 Å². The maximum Gasteiger partial charge on any atom is 0.232 e. The Morgan fingerprint density at radius 2 is 1.71 bits per heavy atom. The van der Waals surface area contributed by atoms with Crippen molar-refractivity contribution in [2.75, 3.05) is 14.2 Å². The maximum atomic E-state index is 9.71. The summed E-state index contributed by atoms with van der Waals surface area (Å²) in [4.78, 5) is 9.27. The van der Waals surface area contributed by atoms with Crippen molar-refractivity contribution in [1.29, 1.82) is 5.26 Å². The highest BCUT2D eigenvalue weighted by Gasteiger charge is 2.19. The molecule has 2 heterocycles. The predicted octanol–water partition coefficient (Wildman–Crippen LogP) is 4.19. The first-order chi connectivity index (χ1) is 13.7. The van der Waals surface area contributed by atoms with E-state index in [0.717, 1.165) is 27.9 Å². The molecule has 6 nitrogen and oxygen atoms in total. The Bertz CT molecular complexity index is 1200. The van der Waals surface area contributed by atoms with Gasteiger partial charge in [-0.05, 0) is 35.9 Å². The molecule has 4 aromatic rings. The number of hydrogen-bond donors (Lipinski definition) is 0. The monoisotopic (exact) mass is 370 g/mol. The number of hydrogen-bond acceptors (Lipinski definition) is 5. The van der Waals surface area contributed by atoms with Crippen LogP contribution in [0.15, 0.2) is 54.6 Å². The van der Waals surface area contributed by atoms with Crippen molar-refractivity contribution >= 4 is 11.0 Å². The molecule has 6 heteroatoms. The number of nitrogens with zero attached hydrogens (tertiary/aromatic N) is 4. The number of benzene rings is 2. The number of nitriles is 1. The molecule has 28 heavy (non-hydrogen) atoms. The molecule has 0 radical (unpaired) electrons. The van der Waals surface area contributed by atoms with Crippen molar-refractivity contribution in [2.24, 2.45) is 7.05 Å². The van der Waals surface area contributed by atoms with Crippen LogP contribution < -0.4 is 9.47 Å². The number of aromatic nitrogens is 3. The number of pyridine rings is 1. The van der Waals surface area contributed by atoms with Crippen LogP contribution in [0.2, 0.25) is 0 Å². The third-order valence-electron chi connectivity index (χ3n) is 4.71. The molecular formula is C22H18N4O2. The lowest BCUT2D eigenvalue weighted by molar-refractivity contribution is 0.397. The lowest BCUT2D eigenvalue weighted by Crippen LogP contribution is -2.01. The second-order valence-electron chi connectivity index (χ2n) is 6.26. The van der Waals surface area contributed by atoms with Crippen molar-refractivity contribution in [3.63, 3.8) is 0 Å². The van der Waals surface area contributed by atoms with Crippen LogP contribution >= 0.6 is 0 Å². The summed E-state index contributed by atoms with van der Waals surface area (Å²) in [6.45, 7) is 0. The smallest absolute Gasteiger partial charge is 0.232 e. The third kappa shape index (κ3) is 2.83. The molecule has 0 aliphatic heterocycles. The molecule has 0 unspecified atom stereocenters. The topological polar surface area (TPSA) is 73.0 Å². The molecular weight excluding hydrogens is 352 g/mol. The number of ether oxygens (including phenoxy) is 2. The zero-order valence-corrected chi connectivity index (χ0v) is 15.8. The van der Waals surface area contributed by atoms with Gasteiger partial charge in [0.25, 0.3) is 0 Å². The molecule has 0 saturated heterocycles. The lowest BCUT2D eigenvalue weighted by Gasteiger charge is -2.12. The van der Waals surface area contributed by atoms with Crippen LogP contribution in [-0.4, -0.2) is 28.8 Å². The van der Waals surface area contributed by atoms with E-state index in [1.54, 1.807) is 7.11 Å². The van der Waals surface area contributed by atoms with Crippen LogP contribution in [0.1, 0.15) is 5.56 Å². The molecule has 0 fully saturated rings. The molecule has 2 aromatic carbocycles. The van der Waals surface area contributed by atoms with Crippen LogP contribution in [0.25, 0.3) is 33.7 Å². The third-order valence-corrected chi connectivity index (χ3v) is 4.71. The highest BCUT2D eigenvalue weighted by atomic mass is 16.5. The summed E-state index contributed by atoms with van der Waals surface area (Å²) in [6.07, 6.45) is 0. The Morgan fingerprint density at radius 1 is 0.964 bits per heavy atom. The number of para-hydroxylation sites is 2. The van der Waals surface area contributed by atoms with Crippen molar-refractivity contribution < 1.29 is 9.47 Å². The van der Waals surface area contributed by atoms with Gasteiger partial charge in [-0.25, -0.2) is 9.97 Å². The summed E-state index contributed by atoms with van der Waals surface area (Å²) in [5.41, 5.74) is 4.53. The van der Waals surface area contributed by atoms with E-state index in [4.69, 9.17) is 14.5 Å². The standard InChI is InChI=1S/C22H18N4O2/c1-26-20-7-5-4-6-18(20)24-21(26)19-12-16(17(13-23)22(25-19)28-3)14-8-10-15(27-2)11-9-14/h4-12H,1-3H3. The average Bonchev–Trinajstić information content (AvgIpc) is 3.09. The zero-order valence-electron chi connectivity index (χ0n) is 15.8. The number of aryl methyl sites for hydroxylation is 1. The fourth-order valence-electron chi connectivity index (χ4n) is 3.26. The summed E-state index contributed by atoms with van der Waals surface area (Å²) >= 11 is 0. The van der Waals surface area contributed by atoms with E-state index in [1.807, 2.05) is 66.2 Å². The van der Waals surface area contributed by atoms with E-state index < -0.39 is 0 Å². The molecule has 0 amide bonds. The zero-order chi connectivity index (χ0) is 19.7. The van der Waals surface area contributed by atoms with Gasteiger partial charge >= 0.3 is 0 Å². The largest absolute Gasteiger partial charge is 0.497 e. The van der Waals surface area contributed by atoms with Gasteiger partial charge in [0.2, 0.25) is 5.88 Å². The SMILES string of the molecule is COc1ccc(-c2cc(-c3nc4ccccc4n3C)nc(OC)c2C#N)cc1. The fraction of sp³-hybridized carbons (Fsp3) is 0.136. The number of imidazole rings is 1. The van der Waals surface area contributed by atoms with Crippen LogP contribution in [-0.2, 0) is 7.05 Å². The van der Waals surface area contributed by atoms with E-state index in [0.29, 0.717) is 17.1 Å². The molecule has 0 bridgehead atoms. The average molecular weight is 370 g/mol. The summed E-state index contributed by atoms with van der Waals surface area (Å²) in [7, 11) is 5.08. The first kappa shape index (κ1) is 17.6. The van der Waals surface area contributed by atoms with E-state index in [1.165, 1.54) is 7.11 Å². The molecule has 0 aliphatic carbocycles. The van der Waals surface area contributed by atoms with Gasteiger partial charge in [0, 0.05) is 12.6 Å². The van der Waals surface area contributed by atoms with E-state index in [-0.39, 0.29) is 5.88 Å². The van der Waals surface area contributed by atoms with Gasteiger partial charge in [0.15, 0.2) is 5.82 Å². The maximum absolute atomic E-state index is 9.71. The minimum absolute atomic E-state index is 0.276. The highest BCUT2D eigenvalue weighted by Crippen LogP contribution is 2.34. The van der Waals surface area contributed by atoms with Crippen molar-refractivity contribution in [3.05, 3.63) is 60.2 Å². The van der Waals surface area contributed by atoms with Crippen LogP contribution in [0.5, 0.6) is 11.6 Å². The van der Waals surface area contributed by atoms with Crippen LogP contribution in [0, 0.1) is 11.3 Å². The molecule has 138 valence electrons. The molecule has 0 N–H and O–H groups in total. The minimum Gasteiger partial charge on any atom is -0.497 e. The van der Waals surface area contributed by atoms with Crippen molar-refractivity contribution in [3.8, 4) is 40.3 Å². The predicted molar refractivity (Wildman–Crippen MR) is 107 cm³/mol. The highest BCUT2D eigenvalue weighted by molar-refractivity contribution is 5.82. The van der Waals surface area contributed by atoms with Gasteiger partial charge in [-0.2, -0.15) is 5.26 Å². The van der Waals surface area contributed by atoms with Gasteiger partial charge in [0.1, 0.15) is 23.1 Å². The quantitative estimate of drug-likeness (QED) is 0.538. The molecule has 2 aromatic heterocycles. The van der Waals surface area contributed by atoms with Gasteiger partial charge in [-0.3, -0.25) is 0 Å². The minimum atomic E-state index is 0.276. The normalized spacial score (nSPS) is 10.6. The van der Waals surface area contributed by atoms with E-state index in [2.05, 4.69) is 11.1 Å². The van der Waals surface area contributed by atoms with Gasteiger partial charge in [-0.15, -0.1) is 0 Å². The molecule has 0 saturated carbocycles. The van der Waals surface area contributed by atoms with Crippen molar-refractivity contribution in [2.45, 2.75) is 0 Å². The number of fused-ring (bicyclic) bond motifs is 1. The first-order valence-corrected chi connectivity index (χ1v) is 8.71. The second kappa shape index (κ2) is 7.05. The lowest BCUT2D eigenvalue weighted by atomic mass is 10.0. The van der Waals surface area contributed by atoms with Crippen LogP contribution in [0.4, 0.5) is 0 Å². The second-order valence-corrected chi connectivity index (χ2v) is 6.26. The molecule has 0 aliphatic rings. The summed E-state index contributed by atoms with van der Waals surface area (Å²) in [5.74, 6) is 1.73. The fourth-order valence-corrected chi connectivity index (χ4v) is 3.26. The number of methoxy groups -OCH3 is 2. The Kier molecular flexibility index (Phi) is 4.42. The molecule has 0 spiro atoms. The Balaban J connectivity index is 1.95. The molecule has 4 rings (SSSR count). The van der Waals surface area contributed by atoms with Crippen LogP contribution in [0.3, 0.4) is 0 Å². The van der Waals surface area contributed by atoms with E-state index >= 15 is 0 Å². The van der Waals surface area contributed by atoms with Crippen molar-refractivity contribution in [1.82, 2.24) is 14.5 Å². The van der Waals surface area contributed by atoms with E-state index in [9.17, 15) is 5.26 Å². The van der Waals surface area contributed by atoms with Gasteiger partial charge < -0.3 is 14.0 Å². The summed E-state index contributed by atoms with van der Waals surface area (Å²) in [6, 6.07) is 19.5. The molecule has 0 atom stereocenters.